The van der Waals surface area contributed by atoms with E-state index >= 15 is 9.59 Å². The van der Waals surface area contributed by atoms with Crippen molar-refractivity contribution in [3.63, 3.8) is 0 Å². The van der Waals surface area contributed by atoms with Crippen LogP contribution in [0.15, 0.2) is 22.8 Å². The Morgan fingerprint density at radius 2 is 0.426 bits per heavy atom. The number of carbonyl (C=O) groups is 2. The fraction of sp³-hybridized carbons (Fsp3) is 0.875. The first-order chi connectivity index (χ1) is 26.2. The normalized spacial score (nSPS) is 56.5. The largest absolute Gasteiger partial charge is 0.343 e. The van der Waals surface area contributed by atoms with E-state index in [0.717, 1.165) is 107 Å². The molecule has 16 fully saturated rings. The van der Waals surface area contributed by atoms with Crippen molar-refractivity contribution in [2.24, 2.45) is 71.0 Å². The number of Topliss-reactive ketones (excluding diaryl/α,β-unsaturated/α-hetero) is 2. The minimum absolute atomic E-state index is 0.0735. The SMILES string of the molecule is O=C1C2=C(C(=O)C3=C1N(C14CC5CC(CC(C5)C1)C4)CN3C13CC4CC(CC(C4)C1)C3)N(C13CC4CC(CC(C4)C1)C3)CN2C12CC3CC(CC(C3)C1)C2. The standard InChI is InChI=1S/C48H64N4O2/c53-43-39-40(50(46-16-30-4-31(17-46)6-32(5-30)18-46)25-49(39)45-13-27-1-28(14-45)3-29(2-27)15-45)44(54)42-41(43)51(47-19-33-7-34(20-47)9-35(8-33)21-47)26-52(42)48-22-36-10-37(23-48)12-38(11-36)24-48/h27-38H,1-26H2. The highest BCUT2D eigenvalue weighted by Crippen LogP contribution is 2.67. The molecule has 0 unspecified atom stereocenters. The summed E-state index contributed by atoms with van der Waals surface area (Å²) in [7, 11) is 0. The van der Waals surface area contributed by atoms with Gasteiger partial charge in [-0.25, -0.2) is 0 Å². The Labute approximate surface area is 323 Å². The molecule has 6 nitrogen and oxygen atoms in total. The van der Waals surface area contributed by atoms with Crippen LogP contribution in [-0.4, -0.2) is 66.7 Å². The fourth-order valence-corrected chi connectivity index (χ4v) is 21.4. The maximum atomic E-state index is 16.4. The lowest BCUT2D eigenvalue weighted by Gasteiger charge is -2.63. The molecule has 0 saturated heterocycles. The van der Waals surface area contributed by atoms with Gasteiger partial charge in [0.05, 0.1) is 13.3 Å². The molecule has 0 atom stereocenters. The molecule has 0 aromatic carbocycles. The van der Waals surface area contributed by atoms with Crippen molar-refractivity contribution >= 4 is 11.6 Å². The van der Waals surface area contributed by atoms with Crippen molar-refractivity contribution in [1.29, 1.82) is 0 Å². The average molecular weight is 729 g/mol. The van der Waals surface area contributed by atoms with E-state index in [2.05, 4.69) is 19.6 Å². The Balaban J connectivity index is 0.913. The highest BCUT2D eigenvalue weighted by atomic mass is 16.1. The fourth-order valence-electron chi connectivity index (χ4n) is 21.4. The Morgan fingerprint density at radius 3 is 0.574 bits per heavy atom. The minimum Gasteiger partial charge on any atom is -0.343 e. The lowest BCUT2D eigenvalue weighted by molar-refractivity contribution is -0.131. The minimum atomic E-state index is 0.0735. The molecule has 2 heterocycles. The summed E-state index contributed by atoms with van der Waals surface area (Å²) in [4.78, 5) is 43.8. The van der Waals surface area contributed by atoms with Crippen molar-refractivity contribution in [3.05, 3.63) is 22.8 Å². The molecule has 19 rings (SSSR count). The second kappa shape index (κ2) is 9.82. The second-order valence-electron chi connectivity index (χ2n) is 24.6. The van der Waals surface area contributed by atoms with E-state index < -0.39 is 0 Å². The molecule has 0 spiro atoms. The van der Waals surface area contributed by atoms with Crippen LogP contribution in [0.5, 0.6) is 0 Å². The summed E-state index contributed by atoms with van der Waals surface area (Å²) >= 11 is 0. The van der Waals surface area contributed by atoms with Gasteiger partial charge in [-0.3, -0.25) is 9.59 Å². The Bertz CT molecular complexity index is 1460. The smallest absolute Gasteiger partial charge is 0.229 e. The molecule has 16 bridgehead atoms. The zero-order valence-electron chi connectivity index (χ0n) is 32.9. The quantitative estimate of drug-likeness (QED) is 0.271. The van der Waals surface area contributed by atoms with Crippen molar-refractivity contribution < 1.29 is 9.59 Å². The number of nitrogens with zero attached hydrogens (tertiary/aromatic N) is 4. The first-order valence-electron chi connectivity index (χ1n) is 23.9. The summed E-state index contributed by atoms with van der Waals surface area (Å²) in [6.07, 6.45) is 32.1. The number of carbonyl (C=O) groups excluding carboxylic acids is 2. The molecule has 54 heavy (non-hydrogen) atoms. The van der Waals surface area contributed by atoms with E-state index in [1.807, 2.05) is 0 Å². The van der Waals surface area contributed by atoms with Crippen LogP contribution in [0.3, 0.4) is 0 Å². The molecular formula is C48H64N4O2. The lowest BCUT2D eigenvalue weighted by Crippen LogP contribution is -2.64. The van der Waals surface area contributed by atoms with E-state index in [4.69, 9.17) is 0 Å². The van der Waals surface area contributed by atoms with E-state index in [0.29, 0.717) is 11.6 Å². The summed E-state index contributed by atoms with van der Waals surface area (Å²) in [5, 5.41) is 0. The van der Waals surface area contributed by atoms with Crippen molar-refractivity contribution in [1.82, 2.24) is 19.6 Å². The summed E-state index contributed by atoms with van der Waals surface area (Å²) in [6.45, 7) is 1.66. The Kier molecular flexibility index (Phi) is 5.65. The van der Waals surface area contributed by atoms with Crippen LogP contribution in [-0.2, 0) is 9.59 Å². The van der Waals surface area contributed by atoms with E-state index in [9.17, 15) is 0 Å². The highest BCUT2D eigenvalue weighted by Gasteiger charge is 2.67. The molecule has 6 heteroatoms. The molecule has 16 saturated carbocycles. The zero-order valence-corrected chi connectivity index (χ0v) is 32.9. The summed E-state index contributed by atoms with van der Waals surface area (Å²) in [5.74, 6) is 10.5. The third-order valence-electron chi connectivity index (χ3n) is 21.3. The molecule has 0 amide bonds. The van der Waals surface area contributed by atoms with Gasteiger partial charge in [0, 0.05) is 22.2 Å². The molecule has 0 radical (unpaired) electrons. The molecule has 19 aliphatic rings. The van der Waals surface area contributed by atoms with Crippen LogP contribution in [0.4, 0.5) is 0 Å². The average Bonchev–Trinajstić information content (AvgIpc) is 3.72. The first kappa shape index (κ1) is 31.1. The van der Waals surface area contributed by atoms with E-state index in [-0.39, 0.29) is 22.2 Å². The predicted octanol–water partition coefficient (Wildman–Crippen LogP) is 8.59. The number of ketones is 2. The van der Waals surface area contributed by atoms with Gasteiger partial charge in [-0.05, 0) is 225 Å². The van der Waals surface area contributed by atoms with Gasteiger partial charge in [0.2, 0.25) is 11.6 Å². The van der Waals surface area contributed by atoms with E-state index in [1.165, 1.54) is 154 Å². The number of rotatable bonds is 4. The molecular weight excluding hydrogens is 665 g/mol. The molecule has 17 aliphatic carbocycles. The summed E-state index contributed by atoms with van der Waals surface area (Å²) in [6, 6.07) is 0. The van der Waals surface area contributed by atoms with Gasteiger partial charge in [0.25, 0.3) is 0 Å². The Hall–Kier alpha value is -1.98. The monoisotopic (exact) mass is 729 g/mol. The van der Waals surface area contributed by atoms with Crippen molar-refractivity contribution in [2.75, 3.05) is 13.3 Å². The number of hydrogen-bond donors (Lipinski definition) is 0. The van der Waals surface area contributed by atoms with Crippen LogP contribution in [0.2, 0.25) is 0 Å². The summed E-state index contributed by atoms with van der Waals surface area (Å²) < 4.78 is 0. The number of hydrogen-bond acceptors (Lipinski definition) is 6. The van der Waals surface area contributed by atoms with Crippen LogP contribution in [0, 0.1) is 71.0 Å². The second-order valence-corrected chi connectivity index (χ2v) is 24.6. The van der Waals surface area contributed by atoms with Crippen molar-refractivity contribution in [3.8, 4) is 0 Å². The van der Waals surface area contributed by atoms with Gasteiger partial charge < -0.3 is 19.6 Å². The topological polar surface area (TPSA) is 47.1 Å². The molecule has 288 valence electrons. The van der Waals surface area contributed by atoms with Gasteiger partial charge >= 0.3 is 0 Å². The zero-order chi connectivity index (χ0) is 35.1. The maximum absolute atomic E-state index is 16.4. The van der Waals surface area contributed by atoms with Gasteiger partial charge in [-0.2, -0.15) is 0 Å². The van der Waals surface area contributed by atoms with Crippen molar-refractivity contribution in [2.45, 2.75) is 176 Å². The van der Waals surface area contributed by atoms with Gasteiger partial charge in [-0.15, -0.1) is 0 Å². The van der Waals surface area contributed by atoms with Crippen LogP contribution in [0.25, 0.3) is 0 Å². The maximum Gasteiger partial charge on any atom is 0.229 e. The highest BCUT2D eigenvalue weighted by molar-refractivity contribution is 6.25. The van der Waals surface area contributed by atoms with Gasteiger partial charge in [0.15, 0.2) is 0 Å². The lowest BCUT2D eigenvalue weighted by atomic mass is 9.52. The van der Waals surface area contributed by atoms with E-state index in [1.54, 1.807) is 0 Å². The molecule has 0 aromatic rings. The first-order valence-corrected chi connectivity index (χ1v) is 23.9. The van der Waals surface area contributed by atoms with Crippen LogP contribution < -0.4 is 0 Å². The third kappa shape index (κ3) is 3.79. The molecule has 2 aliphatic heterocycles. The predicted molar refractivity (Wildman–Crippen MR) is 205 cm³/mol. The van der Waals surface area contributed by atoms with Gasteiger partial charge in [-0.1, -0.05) is 0 Å². The molecule has 0 N–H and O–H groups in total. The van der Waals surface area contributed by atoms with Crippen LogP contribution >= 0.6 is 0 Å². The Morgan fingerprint density at radius 1 is 0.278 bits per heavy atom. The van der Waals surface area contributed by atoms with Crippen LogP contribution in [0.1, 0.15) is 154 Å². The third-order valence-corrected chi connectivity index (χ3v) is 21.3. The molecule has 0 aromatic heterocycles. The van der Waals surface area contributed by atoms with Gasteiger partial charge in [0.1, 0.15) is 22.8 Å². The summed E-state index contributed by atoms with van der Waals surface area (Å²) in [5.41, 5.74) is 4.01.